The summed E-state index contributed by atoms with van der Waals surface area (Å²) in [7, 11) is 0. The normalized spacial score (nSPS) is 23.9. The van der Waals surface area contributed by atoms with Crippen molar-refractivity contribution < 1.29 is 9.90 Å². The summed E-state index contributed by atoms with van der Waals surface area (Å²) in [5.74, 6) is 0.192. The zero-order valence-electron chi connectivity index (χ0n) is 17.5. The summed E-state index contributed by atoms with van der Waals surface area (Å²) in [6.07, 6.45) is 2.79. The van der Waals surface area contributed by atoms with E-state index >= 15 is 0 Å². The van der Waals surface area contributed by atoms with Crippen LogP contribution in [0.3, 0.4) is 0 Å². The molecule has 0 saturated carbocycles. The van der Waals surface area contributed by atoms with E-state index in [-0.39, 0.29) is 24.0 Å². The lowest BCUT2D eigenvalue weighted by Crippen LogP contribution is -2.44. The van der Waals surface area contributed by atoms with Crippen molar-refractivity contribution in [2.75, 3.05) is 11.9 Å². The van der Waals surface area contributed by atoms with Gasteiger partial charge in [-0.15, -0.1) is 0 Å². The van der Waals surface area contributed by atoms with Gasteiger partial charge in [0, 0.05) is 23.3 Å². The third-order valence-electron chi connectivity index (χ3n) is 5.44. The van der Waals surface area contributed by atoms with Gasteiger partial charge in [-0.2, -0.15) is 10.4 Å². The fourth-order valence-corrected chi connectivity index (χ4v) is 4.17. The molecular weight excluding hydrogens is 402 g/mol. The maximum Gasteiger partial charge on any atom is 0.242 e. The number of aliphatic hydroxyl groups is 1. The number of halogens is 1. The molecule has 1 aliphatic rings. The second-order valence-corrected chi connectivity index (χ2v) is 9.44. The Kier molecular flexibility index (Phi) is 6.51. The highest BCUT2D eigenvalue weighted by atomic mass is 35.5. The molecule has 1 amide bonds. The van der Waals surface area contributed by atoms with Gasteiger partial charge in [-0.1, -0.05) is 44.5 Å². The van der Waals surface area contributed by atoms with Crippen LogP contribution >= 0.6 is 11.6 Å². The van der Waals surface area contributed by atoms with Gasteiger partial charge in [-0.25, -0.2) is 0 Å². The van der Waals surface area contributed by atoms with E-state index in [0.717, 1.165) is 12.0 Å². The van der Waals surface area contributed by atoms with E-state index in [9.17, 15) is 10.1 Å². The van der Waals surface area contributed by atoms with Crippen molar-refractivity contribution in [3.05, 3.63) is 47.1 Å². The molecule has 1 aromatic heterocycles. The number of amides is 1. The Balaban J connectivity index is 1.85. The number of hydrogen-bond acceptors (Lipinski definition) is 5. The predicted molar refractivity (Wildman–Crippen MR) is 116 cm³/mol. The average Bonchev–Trinajstić information content (AvgIpc) is 3.26. The Labute approximate surface area is 182 Å². The molecule has 1 aromatic carbocycles. The lowest BCUT2D eigenvalue weighted by molar-refractivity contribution is -0.117. The third kappa shape index (κ3) is 4.84. The second kappa shape index (κ2) is 8.76. The van der Waals surface area contributed by atoms with Crippen LogP contribution in [0.2, 0.25) is 5.02 Å². The minimum Gasteiger partial charge on any atom is -0.394 e. The van der Waals surface area contributed by atoms with Crippen molar-refractivity contribution in [3.63, 3.8) is 0 Å². The number of nitriles is 1. The molecule has 8 heteroatoms. The quantitative estimate of drug-likeness (QED) is 0.654. The van der Waals surface area contributed by atoms with Crippen molar-refractivity contribution in [3.8, 4) is 6.07 Å². The molecule has 2 heterocycles. The second-order valence-electron chi connectivity index (χ2n) is 9.01. The summed E-state index contributed by atoms with van der Waals surface area (Å²) in [6.45, 7) is 6.71. The van der Waals surface area contributed by atoms with Crippen molar-refractivity contribution in [2.24, 2.45) is 5.41 Å². The first-order valence-corrected chi connectivity index (χ1v) is 10.4. The highest BCUT2D eigenvalue weighted by Gasteiger charge is 2.51. The van der Waals surface area contributed by atoms with Crippen LogP contribution in [0.25, 0.3) is 0 Å². The highest BCUT2D eigenvalue weighted by molar-refractivity contribution is 6.30. The van der Waals surface area contributed by atoms with Crippen molar-refractivity contribution in [1.82, 2.24) is 15.1 Å². The molecule has 1 aliphatic heterocycles. The minimum absolute atomic E-state index is 0.0272. The van der Waals surface area contributed by atoms with Gasteiger partial charge in [-0.3, -0.25) is 9.48 Å². The van der Waals surface area contributed by atoms with E-state index < -0.39 is 11.5 Å². The number of nitrogens with one attached hydrogen (secondary N) is 2. The van der Waals surface area contributed by atoms with Gasteiger partial charge in [0.15, 0.2) is 5.82 Å². The lowest BCUT2D eigenvalue weighted by atomic mass is 9.70. The molecule has 3 unspecified atom stereocenters. The Hall–Kier alpha value is -2.40. The van der Waals surface area contributed by atoms with E-state index in [4.69, 9.17) is 16.7 Å². The van der Waals surface area contributed by atoms with E-state index in [1.165, 1.54) is 0 Å². The van der Waals surface area contributed by atoms with E-state index in [2.05, 4.69) is 42.6 Å². The zero-order chi connectivity index (χ0) is 21.9. The molecule has 2 aromatic rings. The average molecular weight is 430 g/mol. The van der Waals surface area contributed by atoms with Crippen LogP contribution in [0.1, 0.15) is 39.2 Å². The summed E-state index contributed by atoms with van der Waals surface area (Å²) >= 11 is 6.06. The van der Waals surface area contributed by atoms with Crippen molar-refractivity contribution >= 4 is 23.3 Å². The van der Waals surface area contributed by atoms with Gasteiger partial charge in [0.2, 0.25) is 5.91 Å². The Morgan fingerprint density at radius 1 is 1.40 bits per heavy atom. The van der Waals surface area contributed by atoms with Gasteiger partial charge >= 0.3 is 0 Å². The number of rotatable bonds is 6. The molecule has 30 heavy (non-hydrogen) atoms. The van der Waals surface area contributed by atoms with Gasteiger partial charge in [0.05, 0.1) is 30.7 Å². The molecule has 0 aliphatic carbocycles. The minimum atomic E-state index is -0.837. The summed E-state index contributed by atoms with van der Waals surface area (Å²) in [5, 5.41) is 30.4. The van der Waals surface area contributed by atoms with Gasteiger partial charge in [0.1, 0.15) is 0 Å². The number of anilines is 1. The molecule has 0 spiro atoms. The van der Waals surface area contributed by atoms with Crippen LogP contribution in [-0.4, -0.2) is 39.5 Å². The maximum atomic E-state index is 13.0. The van der Waals surface area contributed by atoms with Crippen LogP contribution in [0.5, 0.6) is 0 Å². The fraction of sp³-hybridized carbons (Fsp3) is 0.500. The summed E-state index contributed by atoms with van der Waals surface area (Å²) in [4.78, 5) is 13.0. The van der Waals surface area contributed by atoms with Gasteiger partial charge < -0.3 is 15.7 Å². The molecular formula is C22H28ClN5O2. The monoisotopic (exact) mass is 429 g/mol. The van der Waals surface area contributed by atoms with E-state index in [0.29, 0.717) is 23.8 Å². The first-order valence-electron chi connectivity index (χ1n) is 10.1. The molecule has 1 saturated heterocycles. The Morgan fingerprint density at radius 3 is 2.70 bits per heavy atom. The van der Waals surface area contributed by atoms with Crippen molar-refractivity contribution in [1.29, 1.82) is 5.26 Å². The summed E-state index contributed by atoms with van der Waals surface area (Å²) in [6, 6.07) is 10.8. The maximum absolute atomic E-state index is 13.0. The number of nitrogens with zero attached hydrogens (tertiary/aromatic N) is 3. The van der Waals surface area contributed by atoms with Crippen LogP contribution < -0.4 is 10.6 Å². The van der Waals surface area contributed by atoms with Crippen LogP contribution in [0.15, 0.2) is 36.5 Å². The SMILES string of the molecule is CC(C)(C)CC1NC(C(=O)Nc2ccn(CCO)n2)CC1(C#N)c1ccc(Cl)cc1. The number of hydrogen-bond donors (Lipinski definition) is 3. The van der Waals surface area contributed by atoms with Crippen LogP contribution in [0, 0.1) is 16.7 Å². The Bertz CT molecular complexity index is 928. The predicted octanol–water partition coefficient (Wildman–Crippen LogP) is 3.10. The van der Waals surface area contributed by atoms with Gasteiger partial charge in [-0.05, 0) is 36.0 Å². The molecule has 160 valence electrons. The molecule has 7 nitrogen and oxygen atoms in total. The molecule has 3 atom stereocenters. The van der Waals surface area contributed by atoms with E-state index in [1.807, 2.05) is 12.1 Å². The lowest BCUT2D eigenvalue weighted by Gasteiger charge is -2.33. The molecule has 3 N–H and O–H groups in total. The molecule has 0 bridgehead atoms. The molecule has 1 fully saturated rings. The highest BCUT2D eigenvalue weighted by Crippen LogP contribution is 2.42. The molecule has 3 rings (SSSR count). The fourth-order valence-electron chi connectivity index (χ4n) is 4.05. The number of carbonyl (C=O) groups is 1. The number of aromatic nitrogens is 2. The summed E-state index contributed by atoms with van der Waals surface area (Å²) in [5.41, 5.74) is -0.00445. The summed E-state index contributed by atoms with van der Waals surface area (Å²) < 4.78 is 1.56. The van der Waals surface area contributed by atoms with Crippen molar-refractivity contribution in [2.45, 2.75) is 57.7 Å². The van der Waals surface area contributed by atoms with Crippen LogP contribution in [-0.2, 0) is 16.8 Å². The number of aliphatic hydroxyl groups excluding tert-OH is 1. The zero-order valence-corrected chi connectivity index (χ0v) is 18.3. The topological polar surface area (TPSA) is 103 Å². The number of benzene rings is 1. The largest absolute Gasteiger partial charge is 0.394 e. The third-order valence-corrected chi connectivity index (χ3v) is 5.69. The van der Waals surface area contributed by atoms with Crippen LogP contribution in [0.4, 0.5) is 5.82 Å². The van der Waals surface area contributed by atoms with Gasteiger partial charge in [0.25, 0.3) is 0 Å². The van der Waals surface area contributed by atoms with E-state index in [1.54, 1.807) is 29.1 Å². The molecule has 0 radical (unpaired) electrons. The Morgan fingerprint density at radius 2 is 2.10 bits per heavy atom. The standard InChI is InChI=1S/C22H28ClN5O2/c1-21(2,3)13-18-22(14-24,15-4-6-16(23)7-5-15)12-17(25-18)20(30)26-19-8-9-28(27-19)10-11-29/h4-9,17-18,25,29H,10-13H2,1-3H3,(H,26,27,30). The first kappa shape index (κ1) is 22.3. The number of carbonyl (C=O) groups excluding carboxylic acids is 1. The smallest absolute Gasteiger partial charge is 0.242 e. The first-order chi connectivity index (χ1) is 14.2.